The summed E-state index contributed by atoms with van der Waals surface area (Å²) < 4.78 is 5.20. The molecule has 2 N–H and O–H groups in total. The van der Waals surface area contributed by atoms with E-state index in [4.69, 9.17) is 5.84 Å². The zero-order valence-corrected chi connectivity index (χ0v) is 17.2. The molecule has 3 aromatic rings. The number of nitrogen functional groups attached to an aromatic ring is 1. The normalized spacial score (nSPS) is 11.3. The van der Waals surface area contributed by atoms with Gasteiger partial charge in [0.2, 0.25) is 5.16 Å². The van der Waals surface area contributed by atoms with Crippen LogP contribution in [0.2, 0.25) is 0 Å². The third-order valence-electron chi connectivity index (χ3n) is 4.50. The molecule has 8 nitrogen and oxygen atoms in total. The van der Waals surface area contributed by atoms with Crippen molar-refractivity contribution in [3.8, 4) is 5.95 Å². The molecule has 3 aromatic heterocycles. The van der Waals surface area contributed by atoms with Crippen LogP contribution in [0.25, 0.3) is 5.95 Å². The largest absolute Gasteiger partial charge is 0.348 e. The van der Waals surface area contributed by atoms with Gasteiger partial charge >= 0.3 is 0 Å². The van der Waals surface area contributed by atoms with Gasteiger partial charge in [-0.15, -0.1) is 10.2 Å². The molecule has 0 aliphatic heterocycles. The Morgan fingerprint density at radius 2 is 1.89 bits per heavy atom. The number of nitrogens with two attached hydrogens (primary N) is 1. The second-order valence-corrected chi connectivity index (χ2v) is 7.58. The van der Waals surface area contributed by atoms with E-state index in [1.54, 1.807) is 4.68 Å². The molecule has 0 saturated heterocycles. The van der Waals surface area contributed by atoms with Crippen LogP contribution in [0, 0.1) is 27.7 Å². The van der Waals surface area contributed by atoms with E-state index in [0.717, 1.165) is 41.3 Å². The molecule has 0 fully saturated rings. The van der Waals surface area contributed by atoms with Crippen molar-refractivity contribution in [2.75, 3.05) is 11.6 Å². The van der Waals surface area contributed by atoms with Gasteiger partial charge in [0.25, 0.3) is 5.95 Å². The Morgan fingerprint density at radius 1 is 1.15 bits per heavy atom. The minimum atomic E-state index is 0.0612. The average Bonchev–Trinajstić information content (AvgIpc) is 3.24. The van der Waals surface area contributed by atoms with E-state index in [9.17, 15) is 4.79 Å². The van der Waals surface area contributed by atoms with E-state index in [-0.39, 0.29) is 11.5 Å². The minimum Gasteiger partial charge on any atom is -0.348 e. The lowest BCUT2D eigenvalue weighted by molar-refractivity contribution is 0.102. The lowest BCUT2D eigenvalue weighted by Crippen LogP contribution is -2.17. The number of thioether (sulfide) groups is 1. The molecule has 0 aliphatic rings. The predicted molar refractivity (Wildman–Crippen MR) is 106 cm³/mol. The zero-order valence-electron chi connectivity index (χ0n) is 16.4. The van der Waals surface area contributed by atoms with Gasteiger partial charge in [-0.25, -0.2) is 9.36 Å². The summed E-state index contributed by atoms with van der Waals surface area (Å²) in [5.41, 5.74) is 4.68. The Balaban J connectivity index is 1.75. The molecule has 0 aromatic carbocycles. The first-order valence-corrected chi connectivity index (χ1v) is 9.88. The summed E-state index contributed by atoms with van der Waals surface area (Å²) in [6.45, 7) is 10.9. The number of aryl methyl sites for hydroxylation is 3. The van der Waals surface area contributed by atoms with Gasteiger partial charge in [0, 0.05) is 29.2 Å². The van der Waals surface area contributed by atoms with Crippen LogP contribution in [0.5, 0.6) is 0 Å². The summed E-state index contributed by atoms with van der Waals surface area (Å²) in [5, 5.41) is 13.1. The molecule has 0 atom stereocenters. The number of carbonyl (C=O) groups is 1. The van der Waals surface area contributed by atoms with Gasteiger partial charge in [-0.1, -0.05) is 18.7 Å². The van der Waals surface area contributed by atoms with E-state index in [0.29, 0.717) is 11.1 Å². The molecule has 3 rings (SSSR count). The maximum atomic E-state index is 12.7. The number of ketones is 1. The van der Waals surface area contributed by atoms with Crippen LogP contribution in [0.1, 0.15) is 46.5 Å². The number of nitrogens with zero attached hydrogens (tertiary/aromatic N) is 6. The van der Waals surface area contributed by atoms with Gasteiger partial charge in [-0.05, 0) is 46.2 Å². The van der Waals surface area contributed by atoms with Gasteiger partial charge in [0.1, 0.15) is 0 Å². The highest BCUT2D eigenvalue weighted by Gasteiger charge is 2.19. The van der Waals surface area contributed by atoms with Crippen molar-refractivity contribution >= 4 is 17.5 Å². The summed E-state index contributed by atoms with van der Waals surface area (Å²) >= 11 is 1.28. The molecule has 27 heavy (non-hydrogen) atoms. The van der Waals surface area contributed by atoms with Crippen LogP contribution in [-0.4, -0.2) is 40.8 Å². The van der Waals surface area contributed by atoms with Crippen LogP contribution in [-0.2, 0) is 6.54 Å². The quantitative estimate of drug-likeness (QED) is 0.380. The number of Topliss-reactive ketones (excluding diaryl/α,β-unsaturated/α-hetero) is 1. The van der Waals surface area contributed by atoms with Crippen molar-refractivity contribution in [2.24, 2.45) is 0 Å². The van der Waals surface area contributed by atoms with E-state index in [1.165, 1.54) is 16.4 Å². The third-order valence-corrected chi connectivity index (χ3v) is 5.44. The monoisotopic (exact) mass is 387 g/mol. The van der Waals surface area contributed by atoms with Crippen molar-refractivity contribution in [3.05, 3.63) is 40.5 Å². The summed E-state index contributed by atoms with van der Waals surface area (Å²) in [4.78, 5) is 12.7. The molecule has 0 saturated carbocycles. The first-order chi connectivity index (χ1) is 12.8. The standard InChI is InChI=1S/C18H25N7OS/c1-6-7-23-12(3)9-15(14(23)5)16(26)10-27-18-21-20-17(24(18)19)25-13(4)8-11(2)22-25/h8-9H,6-7,10,19H2,1-5H3. The second kappa shape index (κ2) is 7.59. The zero-order chi connectivity index (χ0) is 19.7. The summed E-state index contributed by atoms with van der Waals surface area (Å²) in [7, 11) is 0. The van der Waals surface area contributed by atoms with Crippen LogP contribution in [0.15, 0.2) is 17.3 Å². The van der Waals surface area contributed by atoms with Gasteiger partial charge in [-0.2, -0.15) is 5.10 Å². The van der Waals surface area contributed by atoms with E-state index in [1.807, 2.05) is 39.8 Å². The summed E-state index contributed by atoms with van der Waals surface area (Å²) in [6, 6.07) is 3.90. The van der Waals surface area contributed by atoms with Crippen molar-refractivity contribution in [1.82, 2.24) is 29.2 Å². The van der Waals surface area contributed by atoms with Crippen molar-refractivity contribution in [1.29, 1.82) is 0 Å². The van der Waals surface area contributed by atoms with E-state index < -0.39 is 0 Å². The number of hydrogen-bond acceptors (Lipinski definition) is 6. The van der Waals surface area contributed by atoms with E-state index in [2.05, 4.69) is 26.8 Å². The molecule has 0 unspecified atom stereocenters. The van der Waals surface area contributed by atoms with E-state index >= 15 is 0 Å². The number of rotatable bonds is 7. The highest BCUT2D eigenvalue weighted by Crippen LogP contribution is 2.22. The van der Waals surface area contributed by atoms with Gasteiger partial charge < -0.3 is 10.4 Å². The Bertz CT molecular complexity index is 982. The minimum absolute atomic E-state index is 0.0612. The highest BCUT2D eigenvalue weighted by atomic mass is 32.2. The van der Waals surface area contributed by atoms with Crippen LogP contribution in [0.3, 0.4) is 0 Å². The summed E-state index contributed by atoms with van der Waals surface area (Å²) in [6.07, 6.45) is 1.03. The maximum Gasteiger partial charge on any atom is 0.271 e. The fourth-order valence-electron chi connectivity index (χ4n) is 3.20. The SMILES string of the molecule is CCCn1c(C)cc(C(=O)CSc2nnc(-n3nc(C)cc3C)n2N)c1C. The highest BCUT2D eigenvalue weighted by molar-refractivity contribution is 7.99. The molecule has 0 aliphatic carbocycles. The van der Waals surface area contributed by atoms with Crippen LogP contribution in [0.4, 0.5) is 0 Å². The van der Waals surface area contributed by atoms with Gasteiger partial charge in [-0.3, -0.25) is 4.79 Å². The second-order valence-electron chi connectivity index (χ2n) is 6.64. The van der Waals surface area contributed by atoms with Crippen LogP contribution >= 0.6 is 11.8 Å². The first-order valence-electron chi connectivity index (χ1n) is 8.90. The molecule has 0 radical (unpaired) electrons. The molecular weight excluding hydrogens is 362 g/mol. The molecule has 144 valence electrons. The average molecular weight is 388 g/mol. The smallest absolute Gasteiger partial charge is 0.271 e. The predicted octanol–water partition coefficient (Wildman–Crippen LogP) is 2.60. The Kier molecular flexibility index (Phi) is 5.41. The number of aromatic nitrogens is 6. The fraction of sp³-hybridized carbons (Fsp3) is 0.444. The molecule has 3 heterocycles. The molecular formula is C18H25N7OS. The lowest BCUT2D eigenvalue weighted by atomic mass is 10.2. The molecule has 0 spiro atoms. The molecule has 0 amide bonds. The van der Waals surface area contributed by atoms with Crippen molar-refractivity contribution in [3.63, 3.8) is 0 Å². The molecule has 9 heteroatoms. The Hall–Kier alpha value is -2.55. The van der Waals surface area contributed by atoms with Crippen molar-refractivity contribution in [2.45, 2.75) is 52.7 Å². The van der Waals surface area contributed by atoms with Crippen molar-refractivity contribution < 1.29 is 4.79 Å². The summed E-state index contributed by atoms with van der Waals surface area (Å²) in [5.74, 6) is 6.87. The van der Waals surface area contributed by atoms with Gasteiger partial charge in [0.15, 0.2) is 5.78 Å². The van der Waals surface area contributed by atoms with Gasteiger partial charge in [0.05, 0.1) is 11.4 Å². The Labute approximate surface area is 162 Å². The van der Waals surface area contributed by atoms with Crippen LogP contribution < -0.4 is 5.84 Å². The topological polar surface area (TPSA) is 96.5 Å². The fourth-order valence-corrected chi connectivity index (χ4v) is 3.94. The lowest BCUT2D eigenvalue weighted by Gasteiger charge is -2.07. The number of carbonyl (C=O) groups excluding carboxylic acids is 1. The molecule has 0 bridgehead atoms. The Morgan fingerprint density at radius 3 is 2.52 bits per heavy atom. The first kappa shape index (κ1) is 19.2. The number of hydrogen-bond donors (Lipinski definition) is 1. The maximum absolute atomic E-state index is 12.7. The third kappa shape index (κ3) is 3.64.